The first-order chi connectivity index (χ1) is 11.4. The van der Waals surface area contributed by atoms with Gasteiger partial charge in [0.1, 0.15) is 5.84 Å². The van der Waals surface area contributed by atoms with Crippen LogP contribution in [0.5, 0.6) is 0 Å². The van der Waals surface area contributed by atoms with Crippen LogP contribution < -0.4 is 17.2 Å². The van der Waals surface area contributed by atoms with E-state index in [0.717, 1.165) is 16.8 Å². The van der Waals surface area contributed by atoms with Crippen LogP contribution in [0, 0.1) is 0 Å². The van der Waals surface area contributed by atoms with E-state index in [9.17, 15) is 0 Å². The average Bonchev–Trinajstić information content (AvgIpc) is 2.57. The van der Waals surface area contributed by atoms with E-state index in [-0.39, 0.29) is 11.5 Å². The number of amidine groups is 1. The molecular formula is C18H20ClN5. The minimum absolute atomic E-state index is 0.259. The molecule has 6 N–H and O–H groups in total. The van der Waals surface area contributed by atoms with Crippen molar-refractivity contribution in [1.82, 2.24) is 4.98 Å². The summed E-state index contributed by atoms with van der Waals surface area (Å²) >= 11 is 5.84. The highest BCUT2D eigenvalue weighted by Gasteiger charge is 2.11. The lowest BCUT2D eigenvalue weighted by Crippen LogP contribution is -2.22. The first kappa shape index (κ1) is 17.6. The lowest BCUT2D eigenvalue weighted by atomic mass is 10.0. The van der Waals surface area contributed by atoms with Crippen molar-refractivity contribution in [1.29, 1.82) is 0 Å². The highest BCUT2D eigenvalue weighted by atomic mass is 35.5. The van der Waals surface area contributed by atoms with Crippen molar-refractivity contribution >= 4 is 23.1 Å². The van der Waals surface area contributed by atoms with E-state index in [1.165, 1.54) is 0 Å². The molecule has 2 rings (SSSR count). The zero-order valence-electron chi connectivity index (χ0n) is 13.5. The zero-order valence-corrected chi connectivity index (χ0v) is 14.2. The van der Waals surface area contributed by atoms with E-state index >= 15 is 0 Å². The van der Waals surface area contributed by atoms with Gasteiger partial charge in [-0.3, -0.25) is 9.98 Å². The number of pyridine rings is 1. The highest BCUT2D eigenvalue weighted by molar-refractivity contribution is 6.30. The third kappa shape index (κ3) is 4.14. The zero-order chi connectivity index (χ0) is 17.7. The molecule has 0 amide bonds. The standard InChI is InChI=1S/C18H20ClN5/c1-11(20)16(18(22)23-2)17(21)13-5-3-12(4-6-13)9-15-8-7-14(19)10-24-15/h3-8,10H,1,9,20-21H2,2H3,(H2,22,23). The Morgan fingerprint density at radius 3 is 2.29 bits per heavy atom. The summed E-state index contributed by atoms with van der Waals surface area (Å²) in [6, 6.07) is 11.5. The van der Waals surface area contributed by atoms with Crippen LogP contribution in [0.4, 0.5) is 0 Å². The van der Waals surface area contributed by atoms with Crippen LogP contribution >= 0.6 is 11.6 Å². The molecule has 0 fully saturated rings. The number of nitrogens with zero attached hydrogens (tertiary/aromatic N) is 2. The monoisotopic (exact) mass is 341 g/mol. The summed E-state index contributed by atoms with van der Waals surface area (Å²) in [7, 11) is 1.58. The van der Waals surface area contributed by atoms with Gasteiger partial charge in [-0.2, -0.15) is 0 Å². The molecule has 24 heavy (non-hydrogen) atoms. The molecule has 0 atom stereocenters. The first-order valence-electron chi connectivity index (χ1n) is 7.29. The Balaban J connectivity index is 2.28. The van der Waals surface area contributed by atoms with Crippen molar-refractivity contribution in [3.05, 3.63) is 82.3 Å². The number of hydrogen-bond acceptors (Lipinski definition) is 4. The molecule has 0 aliphatic rings. The van der Waals surface area contributed by atoms with Crippen molar-refractivity contribution < 1.29 is 0 Å². The number of benzene rings is 1. The largest absolute Gasteiger partial charge is 0.399 e. The van der Waals surface area contributed by atoms with E-state index in [1.54, 1.807) is 13.2 Å². The lowest BCUT2D eigenvalue weighted by molar-refractivity contribution is 1.07. The summed E-state index contributed by atoms with van der Waals surface area (Å²) in [6.45, 7) is 3.71. The topological polar surface area (TPSA) is 103 Å². The number of rotatable bonds is 5. The minimum Gasteiger partial charge on any atom is -0.399 e. The van der Waals surface area contributed by atoms with Crippen LogP contribution in [0.2, 0.25) is 5.02 Å². The Hall–Kier alpha value is -2.79. The highest BCUT2D eigenvalue weighted by Crippen LogP contribution is 2.19. The number of nitrogens with two attached hydrogens (primary N) is 3. The fourth-order valence-corrected chi connectivity index (χ4v) is 2.37. The van der Waals surface area contributed by atoms with Gasteiger partial charge < -0.3 is 17.2 Å². The van der Waals surface area contributed by atoms with Crippen LogP contribution in [0.3, 0.4) is 0 Å². The molecule has 1 aromatic carbocycles. The normalized spacial score (nSPS) is 12.7. The molecule has 0 saturated carbocycles. The molecule has 5 nitrogen and oxygen atoms in total. The van der Waals surface area contributed by atoms with Crippen LogP contribution in [-0.2, 0) is 6.42 Å². The molecule has 2 aromatic rings. The summed E-state index contributed by atoms with van der Waals surface area (Å²) in [5, 5.41) is 0.622. The summed E-state index contributed by atoms with van der Waals surface area (Å²) in [5.74, 6) is 0.259. The van der Waals surface area contributed by atoms with Gasteiger partial charge in [0.25, 0.3) is 0 Å². The lowest BCUT2D eigenvalue weighted by Gasteiger charge is -2.12. The number of halogens is 1. The molecule has 0 saturated heterocycles. The van der Waals surface area contributed by atoms with Crippen molar-refractivity contribution in [3.8, 4) is 0 Å². The molecule has 124 valence electrons. The Morgan fingerprint density at radius 1 is 1.12 bits per heavy atom. The fraction of sp³-hybridized carbons (Fsp3) is 0.111. The molecule has 1 heterocycles. The van der Waals surface area contributed by atoms with Gasteiger partial charge in [-0.05, 0) is 23.3 Å². The van der Waals surface area contributed by atoms with E-state index in [1.807, 2.05) is 36.4 Å². The summed E-state index contributed by atoms with van der Waals surface area (Å²) in [4.78, 5) is 8.22. The van der Waals surface area contributed by atoms with Crippen molar-refractivity contribution in [2.24, 2.45) is 22.2 Å². The van der Waals surface area contributed by atoms with Crippen molar-refractivity contribution in [3.63, 3.8) is 0 Å². The second kappa shape index (κ2) is 7.66. The van der Waals surface area contributed by atoms with Gasteiger partial charge in [0.15, 0.2) is 0 Å². The first-order valence-corrected chi connectivity index (χ1v) is 7.67. The maximum atomic E-state index is 6.19. The number of aliphatic imine (C=N–C) groups is 1. The van der Waals surface area contributed by atoms with Gasteiger partial charge in [0.2, 0.25) is 0 Å². The van der Waals surface area contributed by atoms with Gasteiger partial charge in [0, 0.05) is 31.1 Å². The summed E-state index contributed by atoms with van der Waals surface area (Å²) in [6.07, 6.45) is 2.34. The molecule has 1 aromatic heterocycles. The maximum Gasteiger partial charge on any atom is 0.129 e. The van der Waals surface area contributed by atoms with Crippen LogP contribution in [0.25, 0.3) is 5.70 Å². The quantitative estimate of drug-likeness (QED) is 0.441. The third-order valence-corrected chi connectivity index (χ3v) is 3.75. The predicted molar refractivity (Wildman–Crippen MR) is 100 cm³/mol. The smallest absolute Gasteiger partial charge is 0.129 e. The van der Waals surface area contributed by atoms with E-state index in [2.05, 4.69) is 16.6 Å². The average molecular weight is 342 g/mol. The minimum atomic E-state index is 0.259. The van der Waals surface area contributed by atoms with E-state index < -0.39 is 0 Å². The maximum absolute atomic E-state index is 6.19. The Kier molecular flexibility index (Phi) is 5.60. The summed E-state index contributed by atoms with van der Waals surface area (Å²) in [5.41, 5.74) is 21.9. The SMILES string of the molecule is C=C(N)C(C(N)=NC)=C(N)c1ccc(Cc2ccc(Cl)cn2)cc1. The van der Waals surface area contributed by atoms with Crippen LogP contribution in [0.15, 0.2) is 65.4 Å². The molecule has 0 bridgehead atoms. The van der Waals surface area contributed by atoms with Gasteiger partial charge in [-0.15, -0.1) is 0 Å². The molecule has 0 aliphatic heterocycles. The van der Waals surface area contributed by atoms with Gasteiger partial charge in [-0.1, -0.05) is 42.4 Å². The van der Waals surface area contributed by atoms with Crippen LogP contribution in [0.1, 0.15) is 16.8 Å². The van der Waals surface area contributed by atoms with Gasteiger partial charge in [0.05, 0.1) is 16.3 Å². The number of hydrogen-bond donors (Lipinski definition) is 3. The van der Waals surface area contributed by atoms with Gasteiger partial charge in [-0.25, -0.2) is 0 Å². The number of aromatic nitrogens is 1. The van der Waals surface area contributed by atoms with E-state index in [4.69, 9.17) is 28.8 Å². The molecule has 0 unspecified atom stereocenters. The van der Waals surface area contributed by atoms with Crippen molar-refractivity contribution in [2.75, 3.05) is 7.05 Å². The second-order valence-corrected chi connectivity index (χ2v) is 5.70. The Bertz CT molecular complexity index is 789. The molecular weight excluding hydrogens is 322 g/mol. The van der Waals surface area contributed by atoms with E-state index in [0.29, 0.717) is 22.7 Å². The Labute approximate surface area is 146 Å². The third-order valence-electron chi connectivity index (χ3n) is 3.53. The molecule has 0 spiro atoms. The molecule has 6 heteroatoms. The van der Waals surface area contributed by atoms with Crippen LogP contribution in [-0.4, -0.2) is 17.9 Å². The van der Waals surface area contributed by atoms with Gasteiger partial charge >= 0.3 is 0 Å². The molecule has 0 aliphatic carbocycles. The molecule has 0 radical (unpaired) electrons. The fourth-order valence-electron chi connectivity index (χ4n) is 2.25. The van der Waals surface area contributed by atoms with Crippen molar-refractivity contribution in [2.45, 2.75) is 6.42 Å². The predicted octanol–water partition coefficient (Wildman–Crippen LogP) is 2.46. The summed E-state index contributed by atoms with van der Waals surface area (Å²) < 4.78 is 0. The Morgan fingerprint density at radius 2 is 1.79 bits per heavy atom. The second-order valence-electron chi connectivity index (χ2n) is 5.26.